The first-order chi connectivity index (χ1) is 11.1. The van der Waals surface area contributed by atoms with E-state index in [9.17, 15) is 9.59 Å². The van der Waals surface area contributed by atoms with Gasteiger partial charge >= 0.3 is 0 Å². The molecule has 0 saturated carbocycles. The van der Waals surface area contributed by atoms with E-state index >= 15 is 0 Å². The number of ketones is 1. The van der Waals surface area contributed by atoms with E-state index in [2.05, 4.69) is 20.2 Å². The Kier molecular flexibility index (Phi) is 4.32. The summed E-state index contributed by atoms with van der Waals surface area (Å²) < 4.78 is 0. The van der Waals surface area contributed by atoms with Crippen LogP contribution in [0.15, 0.2) is 36.7 Å². The Morgan fingerprint density at radius 3 is 2.57 bits per heavy atom. The number of rotatable bonds is 4. The molecule has 1 saturated heterocycles. The van der Waals surface area contributed by atoms with Crippen molar-refractivity contribution in [3.05, 3.63) is 47.9 Å². The standard InChI is InChI=1S/C17H18N4O2/c1-12(22)13-5-4-6-14(9-13)20-17(23)15-10-19-16(11-18-15)21-7-2-3-8-21/h4-6,9-11H,2-3,7-8H2,1H3,(H,20,23). The fraction of sp³-hybridized carbons (Fsp3) is 0.294. The highest BCUT2D eigenvalue weighted by Crippen LogP contribution is 2.17. The number of carbonyl (C=O) groups is 2. The molecule has 1 aliphatic rings. The molecule has 1 N–H and O–H groups in total. The highest BCUT2D eigenvalue weighted by atomic mass is 16.2. The maximum absolute atomic E-state index is 12.2. The minimum absolute atomic E-state index is 0.0455. The van der Waals surface area contributed by atoms with E-state index in [1.54, 1.807) is 30.5 Å². The molecule has 0 aliphatic carbocycles. The molecule has 1 amide bonds. The van der Waals surface area contributed by atoms with Gasteiger partial charge < -0.3 is 10.2 Å². The van der Waals surface area contributed by atoms with Crippen LogP contribution in [0.3, 0.4) is 0 Å². The third-order valence-corrected chi connectivity index (χ3v) is 3.83. The van der Waals surface area contributed by atoms with Gasteiger partial charge in [0.05, 0.1) is 12.4 Å². The second kappa shape index (κ2) is 6.56. The van der Waals surface area contributed by atoms with Crippen LogP contribution in [0.1, 0.15) is 40.6 Å². The summed E-state index contributed by atoms with van der Waals surface area (Å²) in [5, 5.41) is 2.74. The van der Waals surface area contributed by atoms with Gasteiger partial charge in [0.25, 0.3) is 5.91 Å². The number of nitrogens with one attached hydrogen (secondary N) is 1. The molecule has 2 aromatic rings. The SMILES string of the molecule is CC(=O)c1cccc(NC(=O)c2cnc(N3CCCC3)cn2)c1. The molecule has 0 bridgehead atoms. The molecule has 2 heterocycles. The van der Waals surface area contributed by atoms with Crippen molar-refractivity contribution in [1.82, 2.24) is 9.97 Å². The fourth-order valence-electron chi connectivity index (χ4n) is 2.56. The number of amides is 1. The van der Waals surface area contributed by atoms with Gasteiger partial charge in [0.2, 0.25) is 0 Å². The summed E-state index contributed by atoms with van der Waals surface area (Å²) in [7, 11) is 0. The summed E-state index contributed by atoms with van der Waals surface area (Å²) in [6.45, 7) is 3.46. The minimum atomic E-state index is -0.342. The zero-order valence-corrected chi connectivity index (χ0v) is 13.0. The van der Waals surface area contributed by atoms with Crippen molar-refractivity contribution in [3.8, 4) is 0 Å². The average molecular weight is 310 g/mol. The molecule has 1 aromatic carbocycles. The van der Waals surface area contributed by atoms with Crippen molar-refractivity contribution < 1.29 is 9.59 Å². The maximum atomic E-state index is 12.2. The zero-order valence-electron chi connectivity index (χ0n) is 13.0. The monoisotopic (exact) mass is 310 g/mol. The summed E-state index contributed by atoms with van der Waals surface area (Å²) in [6.07, 6.45) is 5.44. The molecule has 0 atom stereocenters. The second-order valence-electron chi connectivity index (χ2n) is 5.55. The zero-order chi connectivity index (χ0) is 16.2. The van der Waals surface area contributed by atoms with Crippen LogP contribution in [0.2, 0.25) is 0 Å². The number of carbonyl (C=O) groups excluding carboxylic acids is 2. The Labute approximate surface area is 134 Å². The normalized spacial score (nSPS) is 13.9. The summed E-state index contributed by atoms with van der Waals surface area (Å²) >= 11 is 0. The third-order valence-electron chi connectivity index (χ3n) is 3.83. The first-order valence-electron chi connectivity index (χ1n) is 7.63. The predicted molar refractivity (Wildman–Crippen MR) is 87.9 cm³/mol. The van der Waals surface area contributed by atoms with Gasteiger partial charge in [0.1, 0.15) is 11.5 Å². The highest BCUT2D eigenvalue weighted by Gasteiger charge is 2.15. The molecule has 1 aliphatic heterocycles. The topological polar surface area (TPSA) is 75.2 Å². The van der Waals surface area contributed by atoms with E-state index in [4.69, 9.17) is 0 Å². The van der Waals surface area contributed by atoms with Crippen LogP contribution >= 0.6 is 0 Å². The number of aromatic nitrogens is 2. The third kappa shape index (κ3) is 3.53. The molecule has 23 heavy (non-hydrogen) atoms. The predicted octanol–water partition coefficient (Wildman–Crippen LogP) is 2.53. The van der Waals surface area contributed by atoms with Gasteiger partial charge in [-0.2, -0.15) is 0 Å². The largest absolute Gasteiger partial charge is 0.355 e. The number of hydrogen-bond donors (Lipinski definition) is 1. The van der Waals surface area contributed by atoms with Gasteiger partial charge in [-0.05, 0) is 31.9 Å². The number of Topliss-reactive ketones (excluding diaryl/α,β-unsaturated/α-hetero) is 1. The Bertz CT molecular complexity index is 722. The summed E-state index contributed by atoms with van der Waals surface area (Å²) in [6, 6.07) is 6.82. The summed E-state index contributed by atoms with van der Waals surface area (Å²) in [5.74, 6) is 0.416. The number of nitrogens with zero attached hydrogens (tertiary/aromatic N) is 3. The Balaban J connectivity index is 1.70. The molecule has 1 fully saturated rings. The van der Waals surface area contributed by atoms with Crippen LogP contribution in [0.25, 0.3) is 0 Å². The van der Waals surface area contributed by atoms with Crippen LogP contribution in [0.5, 0.6) is 0 Å². The molecule has 6 heteroatoms. The molecule has 1 aromatic heterocycles. The number of hydrogen-bond acceptors (Lipinski definition) is 5. The molecule has 3 rings (SSSR count). The van der Waals surface area contributed by atoms with Crippen molar-refractivity contribution in [2.24, 2.45) is 0 Å². The van der Waals surface area contributed by atoms with E-state index in [1.165, 1.54) is 13.1 Å². The van der Waals surface area contributed by atoms with Gasteiger partial charge in [-0.3, -0.25) is 9.59 Å². The average Bonchev–Trinajstić information content (AvgIpc) is 3.09. The van der Waals surface area contributed by atoms with E-state index in [0.717, 1.165) is 31.7 Å². The van der Waals surface area contributed by atoms with Crippen LogP contribution < -0.4 is 10.2 Å². The first-order valence-corrected chi connectivity index (χ1v) is 7.63. The minimum Gasteiger partial charge on any atom is -0.355 e. The van der Waals surface area contributed by atoms with Crippen LogP contribution in [-0.4, -0.2) is 34.7 Å². The first kappa shape index (κ1) is 15.1. The molecule has 0 spiro atoms. The quantitative estimate of drug-likeness (QED) is 0.878. The lowest BCUT2D eigenvalue weighted by atomic mass is 10.1. The Morgan fingerprint density at radius 2 is 1.91 bits per heavy atom. The molecular weight excluding hydrogens is 292 g/mol. The summed E-state index contributed by atoms with van der Waals surface area (Å²) in [5.41, 5.74) is 1.37. The van der Waals surface area contributed by atoms with Gasteiger partial charge in [-0.25, -0.2) is 9.97 Å². The van der Waals surface area contributed by atoms with Gasteiger partial charge in [0, 0.05) is 24.3 Å². The molecule has 0 radical (unpaired) electrons. The Morgan fingerprint density at radius 1 is 1.13 bits per heavy atom. The van der Waals surface area contributed by atoms with Crippen molar-refractivity contribution >= 4 is 23.2 Å². The lowest BCUT2D eigenvalue weighted by Crippen LogP contribution is -2.20. The van der Waals surface area contributed by atoms with Crippen LogP contribution in [0.4, 0.5) is 11.5 Å². The van der Waals surface area contributed by atoms with Gasteiger partial charge in [0.15, 0.2) is 5.78 Å². The molecule has 118 valence electrons. The van der Waals surface area contributed by atoms with Gasteiger partial charge in [-0.1, -0.05) is 12.1 Å². The van der Waals surface area contributed by atoms with E-state index in [0.29, 0.717) is 11.3 Å². The van der Waals surface area contributed by atoms with Crippen molar-refractivity contribution in [1.29, 1.82) is 0 Å². The smallest absolute Gasteiger partial charge is 0.275 e. The van der Waals surface area contributed by atoms with Crippen molar-refractivity contribution in [2.75, 3.05) is 23.3 Å². The van der Waals surface area contributed by atoms with E-state index in [1.807, 2.05) is 0 Å². The number of benzene rings is 1. The van der Waals surface area contributed by atoms with Gasteiger partial charge in [-0.15, -0.1) is 0 Å². The van der Waals surface area contributed by atoms with Crippen molar-refractivity contribution in [2.45, 2.75) is 19.8 Å². The van der Waals surface area contributed by atoms with Crippen LogP contribution in [-0.2, 0) is 0 Å². The molecule has 0 unspecified atom stereocenters. The number of anilines is 2. The molecular formula is C17H18N4O2. The Hall–Kier alpha value is -2.76. The van der Waals surface area contributed by atoms with Crippen molar-refractivity contribution in [3.63, 3.8) is 0 Å². The summed E-state index contributed by atoms with van der Waals surface area (Å²) in [4.78, 5) is 34.3. The lowest BCUT2D eigenvalue weighted by Gasteiger charge is -2.15. The fourth-order valence-corrected chi connectivity index (χ4v) is 2.56. The van der Waals surface area contributed by atoms with E-state index < -0.39 is 0 Å². The second-order valence-corrected chi connectivity index (χ2v) is 5.55. The van der Waals surface area contributed by atoms with E-state index in [-0.39, 0.29) is 17.4 Å². The molecule has 6 nitrogen and oxygen atoms in total. The highest BCUT2D eigenvalue weighted by molar-refractivity contribution is 6.03. The van der Waals surface area contributed by atoms with Crippen LogP contribution in [0, 0.1) is 0 Å². The lowest BCUT2D eigenvalue weighted by molar-refractivity contribution is 0.100. The maximum Gasteiger partial charge on any atom is 0.275 e.